The molecule has 0 aliphatic carbocycles. The van der Waals surface area contributed by atoms with Crippen molar-refractivity contribution >= 4 is 0 Å². The van der Waals surface area contributed by atoms with Crippen molar-refractivity contribution in [3.63, 3.8) is 0 Å². The molecule has 0 aromatic rings. The molecule has 0 aromatic heterocycles. The Bertz CT molecular complexity index is 170. The van der Waals surface area contributed by atoms with Gasteiger partial charge in [-0.1, -0.05) is 33.1 Å². The van der Waals surface area contributed by atoms with Gasteiger partial charge in [0.25, 0.3) is 0 Å². The fourth-order valence-electron chi connectivity index (χ4n) is 2.91. The first-order valence-electron chi connectivity index (χ1n) is 7.83. The highest BCUT2D eigenvalue weighted by atomic mass is 15.2. The van der Waals surface area contributed by atoms with Gasteiger partial charge in [-0.05, 0) is 58.3 Å². The maximum Gasteiger partial charge on any atom is 0.00926 e. The van der Waals surface area contributed by atoms with Crippen LogP contribution in [0.15, 0.2) is 0 Å². The van der Waals surface area contributed by atoms with Gasteiger partial charge in [0.1, 0.15) is 0 Å². The third-order valence-corrected chi connectivity index (χ3v) is 4.02. The molecule has 1 aliphatic rings. The maximum atomic E-state index is 3.39. The number of nitrogens with zero attached hydrogens (tertiary/aromatic N) is 1. The smallest absolute Gasteiger partial charge is 0.00926 e. The van der Waals surface area contributed by atoms with E-state index in [0.29, 0.717) is 0 Å². The molecule has 1 atom stereocenters. The lowest BCUT2D eigenvalue weighted by Gasteiger charge is -2.35. The standard InChI is InChI=1S/C15H32N2/c1-3-15-11-7-10-14-17(15)13-9-6-5-8-12-16-4-2/h15-16H,3-14H2,1-2H3. The largest absolute Gasteiger partial charge is 0.317 e. The molecular formula is C15H32N2. The van der Waals surface area contributed by atoms with Crippen LogP contribution in [-0.4, -0.2) is 37.1 Å². The lowest BCUT2D eigenvalue weighted by atomic mass is 9.99. The van der Waals surface area contributed by atoms with Crippen LogP contribution in [0.3, 0.4) is 0 Å². The van der Waals surface area contributed by atoms with Gasteiger partial charge in [0.15, 0.2) is 0 Å². The quantitative estimate of drug-likeness (QED) is 0.621. The molecule has 102 valence electrons. The summed E-state index contributed by atoms with van der Waals surface area (Å²) in [7, 11) is 0. The van der Waals surface area contributed by atoms with Crippen molar-refractivity contribution in [3.8, 4) is 0 Å². The van der Waals surface area contributed by atoms with Gasteiger partial charge >= 0.3 is 0 Å². The molecule has 2 heteroatoms. The van der Waals surface area contributed by atoms with E-state index in [1.165, 1.54) is 71.0 Å². The van der Waals surface area contributed by atoms with E-state index in [4.69, 9.17) is 0 Å². The minimum atomic E-state index is 0.894. The molecule has 0 bridgehead atoms. The zero-order valence-corrected chi connectivity index (χ0v) is 12.0. The van der Waals surface area contributed by atoms with E-state index < -0.39 is 0 Å². The SMILES string of the molecule is CCNCCCCCCN1CCCCC1CC. The molecule has 0 aromatic carbocycles. The van der Waals surface area contributed by atoms with Crippen LogP contribution in [0, 0.1) is 0 Å². The van der Waals surface area contributed by atoms with Crippen molar-refractivity contribution in [1.82, 2.24) is 10.2 Å². The first kappa shape index (κ1) is 15.0. The van der Waals surface area contributed by atoms with Crippen molar-refractivity contribution in [2.45, 2.75) is 71.3 Å². The van der Waals surface area contributed by atoms with Gasteiger partial charge in [-0.15, -0.1) is 0 Å². The average Bonchev–Trinajstić information content (AvgIpc) is 2.38. The molecule has 1 N–H and O–H groups in total. The number of nitrogens with one attached hydrogen (secondary N) is 1. The molecular weight excluding hydrogens is 208 g/mol. The molecule has 1 rings (SSSR count). The van der Waals surface area contributed by atoms with Crippen molar-refractivity contribution in [2.75, 3.05) is 26.2 Å². The first-order valence-corrected chi connectivity index (χ1v) is 7.83. The Balaban J connectivity index is 1.97. The second-order valence-electron chi connectivity index (χ2n) is 5.36. The summed E-state index contributed by atoms with van der Waals surface area (Å²) in [6.07, 6.45) is 11.2. The summed E-state index contributed by atoms with van der Waals surface area (Å²) in [5, 5.41) is 3.39. The highest BCUT2D eigenvalue weighted by molar-refractivity contribution is 4.75. The highest BCUT2D eigenvalue weighted by Gasteiger charge is 2.19. The normalized spacial score (nSPS) is 21.9. The molecule has 2 nitrogen and oxygen atoms in total. The second-order valence-corrected chi connectivity index (χ2v) is 5.36. The summed E-state index contributed by atoms with van der Waals surface area (Å²) in [5.74, 6) is 0. The van der Waals surface area contributed by atoms with Gasteiger partial charge in [-0.2, -0.15) is 0 Å². The molecule has 1 aliphatic heterocycles. The summed E-state index contributed by atoms with van der Waals surface area (Å²) in [6.45, 7) is 9.56. The maximum absolute atomic E-state index is 3.39. The molecule has 17 heavy (non-hydrogen) atoms. The minimum Gasteiger partial charge on any atom is -0.317 e. The van der Waals surface area contributed by atoms with E-state index in [-0.39, 0.29) is 0 Å². The molecule has 1 saturated heterocycles. The molecule has 1 heterocycles. The van der Waals surface area contributed by atoms with Crippen molar-refractivity contribution < 1.29 is 0 Å². The Labute approximate surface area is 108 Å². The van der Waals surface area contributed by atoms with Crippen molar-refractivity contribution in [1.29, 1.82) is 0 Å². The molecule has 0 spiro atoms. The topological polar surface area (TPSA) is 15.3 Å². The summed E-state index contributed by atoms with van der Waals surface area (Å²) >= 11 is 0. The molecule has 0 radical (unpaired) electrons. The molecule has 0 saturated carbocycles. The van der Waals surface area contributed by atoms with E-state index in [0.717, 1.165) is 12.6 Å². The van der Waals surface area contributed by atoms with Gasteiger partial charge in [-0.25, -0.2) is 0 Å². The Kier molecular flexibility index (Phi) is 8.72. The van der Waals surface area contributed by atoms with Gasteiger partial charge in [-0.3, -0.25) is 0 Å². The monoisotopic (exact) mass is 240 g/mol. The summed E-state index contributed by atoms with van der Waals surface area (Å²) < 4.78 is 0. The van der Waals surface area contributed by atoms with Crippen LogP contribution in [0.1, 0.15) is 65.2 Å². The van der Waals surface area contributed by atoms with E-state index in [1.54, 1.807) is 0 Å². The van der Waals surface area contributed by atoms with Crippen LogP contribution in [-0.2, 0) is 0 Å². The number of likely N-dealkylation sites (tertiary alicyclic amines) is 1. The number of unbranched alkanes of at least 4 members (excludes halogenated alkanes) is 3. The first-order chi connectivity index (χ1) is 8.38. The van der Waals surface area contributed by atoms with Crippen LogP contribution in [0.4, 0.5) is 0 Å². The predicted octanol–water partition coefficient (Wildman–Crippen LogP) is 3.42. The Morgan fingerprint density at radius 2 is 1.88 bits per heavy atom. The fourth-order valence-corrected chi connectivity index (χ4v) is 2.91. The van der Waals surface area contributed by atoms with Crippen LogP contribution in [0.2, 0.25) is 0 Å². The zero-order valence-electron chi connectivity index (χ0n) is 12.0. The lowest BCUT2D eigenvalue weighted by molar-refractivity contribution is 0.141. The van der Waals surface area contributed by atoms with Gasteiger partial charge in [0.2, 0.25) is 0 Å². The number of hydrogen-bond donors (Lipinski definition) is 1. The lowest BCUT2D eigenvalue weighted by Crippen LogP contribution is -2.39. The number of rotatable bonds is 9. The van der Waals surface area contributed by atoms with Gasteiger partial charge in [0, 0.05) is 6.04 Å². The fraction of sp³-hybridized carbons (Fsp3) is 1.00. The van der Waals surface area contributed by atoms with E-state index >= 15 is 0 Å². The molecule has 0 amide bonds. The van der Waals surface area contributed by atoms with Crippen molar-refractivity contribution in [3.05, 3.63) is 0 Å². The minimum absolute atomic E-state index is 0.894. The summed E-state index contributed by atoms with van der Waals surface area (Å²) in [6, 6.07) is 0.894. The van der Waals surface area contributed by atoms with Crippen LogP contribution < -0.4 is 5.32 Å². The second kappa shape index (κ2) is 9.90. The summed E-state index contributed by atoms with van der Waals surface area (Å²) in [5.41, 5.74) is 0. The van der Waals surface area contributed by atoms with Crippen LogP contribution in [0.25, 0.3) is 0 Å². The third-order valence-electron chi connectivity index (χ3n) is 4.02. The van der Waals surface area contributed by atoms with E-state index in [1.807, 2.05) is 0 Å². The summed E-state index contributed by atoms with van der Waals surface area (Å²) in [4.78, 5) is 2.74. The Morgan fingerprint density at radius 1 is 1.06 bits per heavy atom. The van der Waals surface area contributed by atoms with E-state index in [2.05, 4.69) is 24.1 Å². The Hall–Kier alpha value is -0.0800. The average molecular weight is 240 g/mol. The van der Waals surface area contributed by atoms with Crippen LogP contribution in [0.5, 0.6) is 0 Å². The molecule has 1 fully saturated rings. The van der Waals surface area contributed by atoms with E-state index in [9.17, 15) is 0 Å². The zero-order chi connectivity index (χ0) is 12.3. The van der Waals surface area contributed by atoms with Gasteiger partial charge in [0.05, 0.1) is 0 Å². The molecule has 1 unspecified atom stereocenters. The third kappa shape index (κ3) is 6.42. The predicted molar refractivity (Wildman–Crippen MR) is 76.5 cm³/mol. The van der Waals surface area contributed by atoms with Gasteiger partial charge < -0.3 is 10.2 Å². The van der Waals surface area contributed by atoms with Crippen LogP contribution >= 0.6 is 0 Å². The number of hydrogen-bond acceptors (Lipinski definition) is 2. The number of piperidine rings is 1. The Morgan fingerprint density at radius 3 is 2.65 bits per heavy atom. The van der Waals surface area contributed by atoms with Crippen molar-refractivity contribution in [2.24, 2.45) is 0 Å². The highest BCUT2D eigenvalue weighted by Crippen LogP contribution is 2.19.